The lowest BCUT2D eigenvalue weighted by atomic mass is 10.0. The zero-order chi connectivity index (χ0) is 13.4. The molecule has 19 heavy (non-hydrogen) atoms. The molecule has 1 saturated heterocycles. The molecule has 3 rings (SSSR count). The molecule has 0 radical (unpaired) electrons. The van der Waals surface area contributed by atoms with Gasteiger partial charge in [-0.1, -0.05) is 23.2 Å². The first-order valence-electron chi connectivity index (χ1n) is 6.67. The van der Waals surface area contributed by atoms with E-state index in [0.29, 0.717) is 16.1 Å². The summed E-state index contributed by atoms with van der Waals surface area (Å²) in [6, 6.07) is 5.76. The fourth-order valence-corrected chi connectivity index (χ4v) is 3.03. The molecule has 1 aliphatic heterocycles. The molecule has 5 heteroatoms. The summed E-state index contributed by atoms with van der Waals surface area (Å²) in [5.74, 6) is 0.136. The minimum absolute atomic E-state index is 0.0565. The Hall–Kier alpha value is -0.770. The second-order valence-electron chi connectivity index (χ2n) is 5.25. The summed E-state index contributed by atoms with van der Waals surface area (Å²) in [5.41, 5.74) is 0.796. The number of piperidine rings is 1. The van der Waals surface area contributed by atoms with Gasteiger partial charge in [0.1, 0.15) is 0 Å². The van der Waals surface area contributed by atoms with Crippen LogP contribution in [0, 0.1) is 0 Å². The van der Waals surface area contributed by atoms with Gasteiger partial charge in [-0.05, 0) is 43.9 Å². The minimum Gasteiger partial charge on any atom is -0.311 e. The van der Waals surface area contributed by atoms with Crippen molar-refractivity contribution in [1.29, 1.82) is 0 Å². The highest BCUT2D eigenvalue weighted by atomic mass is 35.5. The Kier molecular flexibility index (Phi) is 3.70. The van der Waals surface area contributed by atoms with Crippen LogP contribution in [0.2, 0.25) is 10.0 Å². The summed E-state index contributed by atoms with van der Waals surface area (Å²) in [6.45, 7) is 0.734. The van der Waals surface area contributed by atoms with Gasteiger partial charge in [-0.25, -0.2) is 0 Å². The first kappa shape index (κ1) is 13.2. The van der Waals surface area contributed by atoms with Crippen LogP contribution in [0.3, 0.4) is 0 Å². The molecule has 0 bridgehead atoms. The van der Waals surface area contributed by atoms with Crippen LogP contribution in [0.5, 0.6) is 0 Å². The van der Waals surface area contributed by atoms with Crippen molar-refractivity contribution in [2.24, 2.45) is 0 Å². The Labute approximate surface area is 122 Å². The van der Waals surface area contributed by atoms with Crippen LogP contribution in [-0.4, -0.2) is 24.5 Å². The van der Waals surface area contributed by atoms with Crippen LogP contribution in [0.25, 0.3) is 0 Å². The number of halogens is 2. The van der Waals surface area contributed by atoms with Crippen LogP contribution >= 0.6 is 23.2 Å². The minimum atomic E-state index is -0.0565. The molecule has 1 atom stereocenters. The number of hydrogen-bond acceptors (Lipinski definition) is 2. The highest BCUT2D eigenvalue weighted by Gasteiger charge is 2.34. The Morgan fingerprint density at radius 1 is 1.11 bits per heavy atom. The maximum Gasteiger partial charge on any atom is 0.244 e. The lowest BCUT2D eigenvalue weighted by Gasteiger charge is -2.33. The van der Waals surface area contributed by atoms with Crippen molar-refractivity contribution in [1.82, 2.24) is 5.32 Å². The third-order valence-electron chi connectivity index (χ3n) is 3.61. The van der Waals surface area contributed by atoms with E-state index < -0.39 is 0 Å². The molecule has 0 aromatic heterocycles. The summed E-state index contributed by atoms with van der Waals surface area (Å²) in [6.07, 6.45) is 4.29. The predicted molar refractivity (Wildman–Crippen MR) is 78.0 cm³/mol. The van der Waals surface area contributed by atoms with Crippen LogP contribution in [0.4, 0.5) is 5.69 Å². The third-order valence-corrected chi connectivity index (χ3v) is 4.05. The fraction of sp³-hybridized carbons (Fsp3) is 0.500. The maximum atomic E-state index is 12.5. The molecule has 1 aliphatic carbocycles. The lowest BCUT2D eigenvalue weighted by molar-refractivity contribution is -0.121. The van der Waals surface area contributed by atoms with Crippen molar-refractivity contribution in [3.8, 4) is 0 Å². The molecule has 2 aliphatic rings. The normalized spacial score (nSPS) is 23.8. The molecule has 0 spiro atoms. The molecule has 102 valence electrons. The SMILES string of the molecule is O=C1C(NC2CC2)CCCN1c1cc(Cl)cc(Cl)c1. The van der Waals surface area contributed by atoms with E-state index in [1.807, 2.05) is 0 Å². The number of amides is 1. The van der Waals surface area contributed by atoms with E-state index in [9.17, 15) is 4.79 Å². The van der Waals surface area contributed by atoms with Gasteiger partial charge in [0.05, 0.1) is 6.04 Å². The van der Waals surface area contributed by atoms with Gasteiger partial charge in [0, 0.05) is 28.3 Å². The van der Waals surface area contributed by atoms with Gasteiger partial charge in [-0.2, -0.15) is 0 Å². The van der Waals surface area contributed by atoms with Crippen LogP contribution in [0.1, 0.15) is 25.7 Å². The van der Waals surface area contributed by atoms with Crippen LogP contribution in [-0.2, 0) is 4.79 Å². The molecule has 1 aromatic carbocycles. The van der Waals surface area contributed by atoms with Gasteiger partial charge in [-0.3, -0.25) is 4.79 Å². The molecule has 1 unspecified atom stereocenters. The summed E-state index contributed by atoms with van der Waals surface area (Å²) < 4.78 is 0. The van der Waals surface area contributed by atoms with Crippen LogP contribution in [0.15, 0.2) is 18.2 Å². The molecule has 2 fully saturated rings. The van der Waals surface area contributed by atoms with E-state index in [-0.39, 0.29) is 11.9 Å². The smallest absolute Gasteiger partial charge is 0.244 e. The number of benzene rings is 1. The van der Waals surface area contributed by atoms with Crippen molar-refractivity contribution >= 4 is 34.8 Å². The molecule has 1 heterocycles. The Balaban J connectivity index is 1.80. The summed E-state index contributed by atoms with van der Waals surface area (Å²) in [4.78, 5) is 14.3. The van der Waals surface area contributed by atoms with E-state index in [1.165, 1.54) is 12.8 Å². The molecule has 1 amide bonds. The Bertz CT molecular complexity index is 482. The summed E-state index contributed by atoms with van der Waals surface area (Å²) >= 11 is 12.0. The number of nitrogens with zero attached hydrogens (tertiary/aromatic N) is 1. The second kappa shape index (κ2) is 5.31. The molecule has 1 N–H and O–H groups in total. The number of nitrogens with one attached hydrogen (secondary N) is 1. The molecular weight excluding hydrogens is 283 g/mol. The van der Waals surface area contributed by atoms with Crippen LogP contribution < -0.4 is 10.2 Å². The highest BCUT2D eigenvalue weighted by Crippen LogP contribution is 2.29. The molecule has 3 nitrogen and oxygen atoms in total. The number of rotatable bonds is 3. The standard InChI is InChI=1S/C14H16Cl2N2O/c15-9-6-10(16)8-12(7-9)18-5-1-2-13(14(18)19)17-11-3-4-11/h6-8,11,13,17H,1-5H2. The van der Waals surface area contributed by atoms with Gasteiger partial charge >= 0.3 is 0 Å². The zero-order valence-corrected chi connectivity index (χ0v) is 12.0. The highest BCUT2D eigenvalue weighted by molar-refractivity contribution is 6.35. The number of hydrogen-bond donors (Lipinski definition) is 1. The number of carbonyl (C=O) groups excluding carboxylic acids is 1. The van der Waals surface area contributed by atoms with Crippen molar-refractivity contribution in [3.05, 3.63) is 28.2 Å². The van der Waals surface area contributed by atoms with E-state index in [1.54, 1.807) is 23.1 Å². The number of anilines is 1. The summed E-state index contributed by atoms with van der Waals surface area (Å²) in [7, 11) is 0. The zero-order valence-electron chi connectivity index (χ0n) is 10.5. The largest absolute Gasteiger partial charge is 0.311 e. The maximum absolute atomic E-state index is 12.5. The lowest BCUT2D eigenvalue weighted by Crippen LogP contribution is -2.51. The van der Waals surface area contributed by atoms with Gasteiger partial charge in [-0.15, -0.1) is 0 Å². The fourth-order valence-electron chi connectivity index (χ4n) is 2.52. The summed E-state index contributed by atoms with van der Waals surface area (Å²) in [5, 5.41) is 4.54. The quantitative estimate of drug-likeness (QED) is 0.929. The molecule has 1 aromatic rings. The predicted octanol–water partition coefficient (Wildman–Crippen LogP) is 3.24. The van der Waals surface area contributed by atoms with Crippen molar-refractivity contribution < 1.29 is 4.79 Å². The number of carbonyl (C=O) groups is 1. The first-order valence-corrected chi connectivity index (χ1v) is 7.42. The van der Waals surface area contributed by atoms with E-state index >= 15 is 0 Å². The van der Waals surface area contributed by atoms with Crippen molar-refractivity contribution in [3.63, 3.8) is 0 Å². The van der Waals surface area contributed by atoms with Gasteiger partial charge in [0.15, 0.2) is 0 Å². The first-order chi connectivity index (χ1) is 9.13. The van der Waals surface area contributed by atoms with E-state index in [4.69, 9.17) is 23.2 Å². The van der Waals surface area contributed by atoms with Crippen molar-refractivity contribution in [2.45, 2.75) is 37.8 Å². The topological polar surface area (TPSA) is 32.3 Å². The van der Waals surface area contributed by atoms with E-state index in [0.717, 1.165) is 25.1 Å². The monoisotopic (exact) mass is 298 g/mol. The Morgan fingerprint density at radius 3 is 2.42 bits per heavy atom. The van der Waals surface area contributed by atoms with Crippen molar-refractivity contribution in [2.75, 3.05) is 11.4 Å². The average molecular weight is 299 g/mol. The molecular formula is C14H16Cl2N2O. The second-order valence-corrected chi connectivity index (χ2v) is 6.13. The molecule has 1 saturated carbocycles. The van der Waals surface area contributed by atoms with E-state index in [2.05, 4.69) is 5.32 Å². The van der Waals surface area contributed by atoms with Gasteiger partial charge < -0.3 is 10.2 Å². The van der Waals surface area contributed by atoms with Gasteiger partial charge in [0.2, 0.25) is 5.91 Å². The Morgan fingerprint density at radius 2 is 1.79 bits per heavy atom. The third kappa shape index (κ3) is 3.04. The van der Waals surface area contributed by atoms with Gasteiger partial charge in [0.25, 0.3) is 0 Å². The average Bonchev–Trinajstić information content (AvgIpc) is 3.14.